The van der Waals surface area contributed by atoms with Crippen LogP contribution in [0.15, 0.2) is 45.8 Å². The first kappa shape index (κ1) is 14.4. The van der Waals surface area contributed by atoms with Gasteiger partial charge in [-0.1, -0.05) is 34.1 Å². The molecule has 0 atom stereocenters. The molecule has 0 aliphatic carbocycles. The first-order valence-corrected chi connectivity index (χ1v) is 8.81. The van der Waals surface area contributed by atoms with E-state index in [-0.39, 0.29) is 0 Å². The molecule has 1 aliphatic heterocycles. The summed E-state index contributed by atoms with van der Waals surface area (Å²) in [7, 11) is -3.60. The number of aryl methyl sites for hydroxylation is 1. The van der Waals surface area contributed by atoms with Gasteiger partial charge in [0.15, 0.2) is 0 Å². The molecule has 0 amide bonds. The van der Waals surface area contributed by atoms with Gasteiger partial charge in [-0.3, -0.25) is 4.31 Å². The Labute approximate surface area is 132 Å². The smallest absolute Gasteiger partial charge is 0.264 e. The molecule has 0 unspecified atom stereocenters. The van der Waals surface area contributed by atoms with Crippen molar-refractivity contribution in [2.75, 3.05) is 16.6 Å². The fourth-order valence-electron chi connectivity index (χ4n) is 2.66. The molecule has 2 N–H and O–H groups in total. The number of nitrogens with two attached hydrogens (primary N) is 1. The highest BCUT2D eigenvalue weighted by atomic mass is 79.9. The molecule has 6 heteroatoms. The third-order valence-electron chi connectivity index (χ3n) is 3.70. The Balaban J connectivity index is 2.16. The number of rotatable bonds is 2. The Morgan fingerprint density at radius 2 is 2.00 bits per heavy atom. The van der Waals surface area contributed by atoms with Crippen molar-refractivity contribution >= 4 is 37.3 Å². The highest BCUT2D eigenvalue weighted by Crippen LogP contribution is 2.38. The van der Waals surface area contributed by atoms with Gasteiger partial charge in [0.05, 0.1) is 16.3 Å². The van der Waals surface area contributed by atoms with E-state index in [4.69, 9.17) is 5.73 Å². The van der Waals surface area contributed by atoms with Crippen molar-refractivity contribution in [3.63, 3.8) is 0 Å². The topological polar surface area (TPSA) is 63.4 Å². The average Bonchev–Trinajstić information content (AvgIpc) is 2.87. The molecular formula is C15H15BrN2O2S. The Bertz CT molecular complexity index is 818. The number of para-hydroxylation sites is 1. The number of halogens is 1. The molecule has 21 heavy (non-hydrogen) atoms. The summed E-state index contributed by atoms with van der Waals surface area (Å²) in [5.74, 6) is 0. The van der Waals surface area contributed by atoms with Crippen molar-refractivity contribution in [1.82, 2.24) is 0 Å². The van der Waals surface area contributed by atoms with E-state index in [0.717, 1.165) is 15.6 Å². The van der Waals surface area contributed by atoms with Crippen molar-refractivity contribution < 1.29 is 8.42 Å². The van der Waals surface area contributed by atoms with Gasteiger partial charge < -0.3 is 5.73 Å². The summed E-state index contributed by atoms with van der Waals surface area (Å²) >= 11 is 3.34. The number of benzene rings is 2. The lowest BCUT2D eigenvalue weighted by Crippen LogP contribution is -2.30. The quantitative estimate of drug-likeness (QED) is 0.830. The second-order valence-corrected chi connectivity index (χ2v) is 7.84. The number of anilines is 2. The van der Waals surface area contributed by atoms with Crippen LogP contribution in [0.1, 0.15) is 11.1 Å². The second-order valence-electron chi connectivity index (χ2n) is 5.09. The minimum Gasteiger partial charge on any atom is -0.397 e. The van der Waals surface area contributed by atoms with Crippen molar-refractivity contribution in [3.8, 4) is 0 Å². The number of nitrogen functional groups attached to an aromatic ring is 1. The van der Waals surface area contributed by atoms with E-state index < -0.39 is 10.0 Å². The third kappa shape index (κ3) is 2.32. The lowest BCUT2D eigenvalue weighted by atomic mass is 10.1. The van der Waals surface area contributed by atoms with Gasteiger partial charge >= 0.3 is 0 Å². The largest absolute Gasteiger partial charge is 0.397 e. The molecule has 0 saturated carbocycles. The summed E-state index contributed by atoms with van der Waals surface area (Å²) in [6.07, 6.45) is 0.687. The summed E-state index contributed by atoms with van der Waals surface area (Å²) in [5.41, 5.74) is 8.81. The maximum Gasteiger partial charge on any atom is 0.264 e. The van der Waals surface area contributed by atoms with Crippen LogP contribution in [0, 0.1) is 6.92 Å². The van der Waals surface area contributed by atoms with Crippen LogP contribution in [0.5, 0.6) is 0 Å². The van der Waals surface area contributed by atoms with Crippen molar-refractivity contribution in [2.45, 2.75) is 18.2 Å². The van der Waals surface area contributed by atoms with Gasteiger partial charge in [-0.2, -0.15) is 0 Å². The molecule has 4 nitrogen and oxygen atoms in total. The minimum absolute atomic E-state index is 0.313. The van der Waals surface area contributed by atoms with Gasteiger partial charge in [-0.15, -0.1) is 0 Å². The maximum atomic E-state index is 13.0. The predicted octanol–water partition coefficient (Wildman–Crippen LogP) is 3.09. The van der Waals surface area contributed by atoms with Crippen LogP contribution in [-0.2, 0) is 16.4 Å². The van der Waals surface area contributed by atoms with Gasteiger partial charge in [0.2, 0.25) is 0 Å². The van der Waals surface area contributed by atoms with Crippen LogP contribution < -0.4 is 10.0 Å². The van der Waals surface area contributed by atoms with Crippen LogP contribution in [0.4, 0.5) is 11.4 Å². The summed E-state index contributed by atoms with van der Waals surface area (Å²) in [5, 5.41) is 0. The Morgan fingerprint density at radius 1 is 1.24 bits per heavy atom. The van der Waals surface area contributed by atoms with Gasteiger partial charge in [-0.05, 0) is 42.7 Å². The van der Waals surface area contributed by atoms with Crippen molar-refractivity contribution in [2.24, 2.45) is 0 Å². The second kappa shape index (κ2) is 5.03. The zero-order valence-corrected chi connectivity index (χ0v) is 13.9. The van der Waals surface area contributed by atoms with E-state index in [9.17, 15) is 8.42 Å². The SMILES string of the molecule is Cc1ccc(Br)cc1S(=O)(=O)N1CCc2cccc(N)c21. The molecule has 2 aromatic rings. The summed E-state index contributed by atoms with van der Waals surface area (Å²) in [4.78, 5) is 0.313. The third-order valence-corrected chi connectivity index (χ3v) is 6.14. The molecule has 0 spiro atoms. The molecule has 3 rings (SSSR count). The van der Waals surface area contributed by atoms with Crippen LogP contribution in [-0.4, -0.2) is 15.0 Å². The standard InChI is InChI=1S/C15H15BrN2O2S/c1-10-5-6-12(16)9-14(10)21(19,20)18-8-7-11-3-2-4-13(17)15(11)18/h2-6,9H,7-8,17H2,1H3. The number of sulfonamides is 1. The maximum absolute atomic E-state index is 13.0. The molecule has 0 fully saturated rings. The number of hydrogen-bond donors (Lipinski definition) is 1. The molecule has 1 heterocycles. The highest BCUT2D eigenvalue weighted by molar-refractivity contribution is 9.10. The molecule has 0 radical (unpaired) electrons. The Kier molecular flexibility index (Phi) is 3.45. The molecule has 0 aromatic heterocycles. The van der Waals surface area contributed by atoms with Crippen LogP contribution in [0.2, 0.25) is 0 Å². The fourth-order valence-corrected chi connectivity index (χ4v) is 4.96. The van der Waals surface area contributed by atoms with E-state index in [1.807, 2.05) is 18.2 Å². The van der Waals surface area contributed by atoms with Gasteiger partial charge in [0.1, 0.15) is 0 Å². The van der Waals surface area contributed by atoms with E-state index in [1.165, 1.54) is 4.31 Å². The molecular weight excluding hydrogens is 352 g/mol. The molecule has 1 aliphatic rings. The lowest BCUT2D eigenvalue weighted by molar-refractivity contribution is 0.591. The summed E-state index contributed by atoms with van der Waals surface area (Å²) in [6.45, 7) is 2.22. The molecule has 110 valence electrons. The first-order valence-electron chi connectivity index (χ1n) is 6.57. The zero-order valence-electron chi connectivity index (χ0n) is 11.5. The number of hydrogen-bond acceptors (Lipinski definition) is 3. The van der Waals surface area contributed by atoms with E-state index >= 15 is 0 Å². The fraction of sp³-hybridized carbons (Fsp3) is 0.200. The van der Waals surface area contributed by atoms with Gasteiger partial charge in [0.25, 0.3) is 10.0 Å². The Hall–Kier alpha value is -1.53. The van der Waals surface area contributed by atoms with Crippen LogP contribution in [0.3, 0.4) is 0 Å². The average molecular weight is 367 g/mol. The van der Waals surface area contributed by atoms with Gasteiger partial charge in [-0.25, -0.2) is 8.42 Å². The molecule has 0 saturated heterocycles. The predicted molar refractivity (Wildman–Crippen MR) is 88.0 cm³/mol. The van der Waals surface area contributed by atoms with E-state index in [2.05, 4.69) is 15.9 Å². The van der Waals surface area contributed by atoms with Gasteiger partial charge in [0, 0.05) is 11.0 Å². The minimum atomic E-state index is -3.60. The van der Waals surface area contributed by atoms with Crippen LogP contribution >= 0.6 is 15.9 Å². The first-order chi connectivity index (χ1) is 9.91. The molecule has 2 aromatic carbocycles. The summed E-state index contributed by atoms with van der Waals surface area (Å²) in [6, 6.07) is 10.8. The normalized spacial score (nSPS) is 14.3. The highest BCUT2D eigenvalue weighted by Gasteiger charge is 2.33. The number of nitrogens with zero attached hydrogens (tertiary/aromatic N) is 1. The number of fused-ring (bicyclic) bond motifs is 1. The van der Waals surface area contributed by atoms with Crippen molar-refractivity contribution in [3.05, 3.63) is 52.0 Å². The zero-order chi connectivity index (χ0) is 15.2. The molecule has 0 bridgehead atoms. The van der Waals surface area contributed by atoms with Crippen LogP contribution in [0.25, 0.3) is 0 Å². The lowest BCUT2D eigenvalue weighted by Gasteiger charge is -2.22. The van der Waals surface area contributed by atoms with Crippen molar-refractivity contribution in [1.29, 1.82) is 0 Å². The van der Waals surface area contributed by atoms with E-state index in [0.29, 0.717) is 29.2 Å². The summed E-state index contributed by atoms with van der Waals surface area (Å²) < 4.78 is 28.1. The monoisotopic (exact) mass is 366 g/mol. The van der Waals surface area contributed by atoms with E-state index in [1.54, 1.807) is 25.1 Å². The Morgan fingerprint density at radius 3 is 2.76 bits per heavy atom.